The molecule has 8 nitrogen and oxygen atoms in total. The number of urea groups is 1. The molecule has 0 aliphatic heterocycles. The minimum absolute atomic E-state index is 0.0674. The van der Waals surface area contributed by atoms with E-state index in [1.165, 1.54) is 18.3 Å². The summed E-state index contributed by atoms with van der Waals surface area (Å²) in [6.07, 6.45) is 2.68. The van der Waals surface area contributed by atoms with E-state index in [0.717, 1.165) is 5.56 Å². The highest BCUT2D eigenvalue weighted by Gasteiger charge is 2.20. The average molecular weight is 465 g/mol. The summed E-state index contributed by atoms with van der Waals surface area (Å²) in [5.74, 6) is -0.700. The predicted molar refractivity (Wildman–Crippen MR) is 131 cm³/mol. The number of anilines is 2. The number of hydrogen-bond acceptors (Lipinski definition) is 5. The number of nitrogens with one attached hydrogen (secondary N) is 2. The molecule has 34 heavy (non-hydrogen) atoms. The molecule has 2 unspecified atom stereocenters. The van der Waals surface area contributed by atoms with Crippen molar-refractivity contribution >= 4 is 23.3 Å². The minimum atomic E-state index is -0.668. The van der Waals surface area contributed by atoms with Gasteiger partial charge >= 0.3 is 6.03 Å². The molecule has 0 saturated heterocycles. The third kappa shape index (κ3) is 6.52. The van der Waals surface area contributed by atoms with Crippen molar-refractivity contribution in [1.29, 1.82) is 0 Å². The number of carbonyl (C=O) groups excluding carboxylic acids is 2. The molecular weight excluding hydrogens is 435 g/mol. The van der Waals surface area contributed by atoms with Crippen molar-refractivity contribution in [2.75, 3.05) is 25.1 Å². The van der Waals surface area contributed by atoms with E-state index in [2.05, 4.69) is 15.6 Å². The topological polar surface area (TPSA) is 126 Å². The zero-order valence-corrected chi connectivity index (χ0v) is 19.2. The number of nitrogen functional groups attached to an aromatic ring is 1. The molecule has 0 radical (unpaired) electrons. The Morgan fingerprint density at radius 2 is 1.79 bits per heavy atom. The quantitative estimate of drug-likeness (QED) is 0.358. The van der Waals surface area contributed by atoms with Gasteiger partial charge in [-0.3, -0.25) is 9.78 Å². The van der Waals surface area contributed by atoms with Crippen molar-refractivity contribution in [3.8, 4) is 0 Å². The van der Waals surface area contributed by atoms with E-state index >= 15 is 0 Å². The number of rotatable bonds is 9. The number of amides is 3. The van der Waals surface area contributed by atoms with Gasteiger partial charge in [0.1, 0.15) is 11.5 Å². The minimum Gasteiger partial charge on any atom is -0.397 e. The Morgan fingerprint density at radius 1 is 1.03 bits per heavy atom. The number of hydrogen-bond donors (Lipinski definition) is 4. The molecule has 9 heteroatoms. The van der Waals surface area contributed by atoms with Gasteiger partial charge in [0.2, 0.25) is 0 Å². The molecule has 2 aromatic carbocycles. The Balaban J connectivity index is 1.73. The van der Waals surface area contributed by atoms with Crippen LogP contribution in [0.15, 0.2) is 66.9 Å². The van der Waals surface area contributed by atoms with E-state index in [-0.39, 0.29) is 17.6 Å². The largest absolute Gasteiger partial charge is 0.397 e. The van der Waals surface area contributed by atoms with Crippen LogP contribution < -0.4 is 22.1 Å². The summed E-state index contributed by atoms with van der Waals surface area (Å²) in [7, 11) is 3.83. The molecule has 0 spiro atoms. The summed E-state index contributed by atoms with van der Waals surface area (Å²) >= 11 is 0. The van der Waals surface area contributed by atoms with Gasteiger partial charge in [0.25, 0.3) is 5.91 Å². The number of benzene rings is 2. The number of para-hydroxylation sites is 2. The van der Waals surface area contributed by atoms with Gasteiger partial charge in [-0.2, -0.15) is 0 Å². The van der Waals surface area contributed by atoms with Gasteiger partial charge in [-0.25, -0.2) is 9.18 Å². The lowest BCUT2D eigenvalue weighted by Gasteiger charge is -2.27. The first-order valence-electron chi connectivity index (χ1n) is 10.8. The Morgan fingerprint density at radius 3 is 2.41 bits per heavy atom. The van der Waals surface area contributed by atoms with Crippen LogP contribution in [-0.4, -0.2) is 35.9 Å². The number of nitrogens with two attached hydrogens (primary N) is 2. The number of carbonyl (C=O) groups is 2. The molecule has 0 fully saturated rings. The summed E-state index contributed by atoms with van der Waals surface area (Å²) in [5, 5.41) is 5.47. The number of halogens is 1. The lowest BCUT2D eigenvalue weighted by molar-refractivity contribution is 0.102. The van der Waals surface area contributed by atoms with E-state index in [1.807, 2.05) is 25.1 Å². The van der Waals surface area contributed by atoms with E-state index in [0.29, 0.717) is 29.8 Å². The molecule has 0 aliphatic carbocycles. The van der Waals surface area contributed by atoms with Crippen LogP contribution in [0.3, 0.4) is 0 Å². The molecule has 1 aromatic heterocycles. The van der Waals surface area contributed by atoms with E-state index in [9.17, 15) is 14.0 Å². The number of nitrogens with zero attached hydrogens (tertiary/aromatic N) is 2. The van der Waals surface area contributed by atoms with Crippen molar-refractivity contribution in [1.82, 2.24) is 15.2 Å². The highest BCUT2D eigenvalue weighted by molar-refractivity contribution is 6.04. The lowest BCUT2D eigenvalue weighted by atomic mass is 9.95. The maximum absolute atomic E-state index is 13.7. The molecule has 0 aliphatic rings. The van der Waals surface area contributed by atoms with Gasteiger partial charge in [-0.05, 0) is 68.4 Å². The summed E-state index contributed by atoms with van der Waals surface area (Å²) in [6, 6.07) is 15.6. The van der Waals surface area contributed by atoms with Crippen LogP contribution in [0.1, 0.15) is 46.5 Å². The smallest absolute Gasteiger partial charge is 0.312 e. The van der Waals surface area contributed by atoms with Crippen molar-refractivity contribution in [3.63, 3.8) is 0 Å². The second-order valence-corrected chi connectivity index (χ2v) is 8.19. The Bertz CT molecular complexity index is 1140. The van der Waals surface area contributed by atoms with E-state index in [4.69, 9.17) is 11.5 Å². The van der Waals surface area contributed by atoms with E-state index in [1.54, 1.807) is 42.5 Å². The second-order valence-electron chi connectivity index (χ2n) is 8.19. The third-order valence-electron chi connectivity index (χ3n) is 5.53. The number of primary amides is 1. The molecular formula is C25H29FN6O2. The molecule has 6 N–H and O–H groups in total. The fraction of sp³-hybridized carbons (Fsp3) is 0.240. The monoisotopic (exact) mass is 464 g/mol. The lowest BCUT2D eigenvalue weighted by Crippen LogP contribution is -2.34. The maximum Gasteiger partial charge on any atom is 0.312 e. The Labute approximate surface area is 198 Å². The van der Waals surface area contributed by atoms with Crippen LogP contribution in [0.25, 0.3) is 0 Å². The first-order valence-corrected chi connectivity index (χ1v) is 10.8. The molecule has 3 amide bonds. The zero-order valence-electron chi connectivity index (χ0n) is 19.2. The van der Waals surface area contributed by atoms with Crippen molar-refractivity contribution in [3.05, 3.63) is 89.5 Å². The van der Waals surface area contributed by atoms with Crippen LogP contribution in [0.4, 0.5) is 20.6 Å². The molecule has 0 saturated carbocycles. The molecule has 3 rings (SSSR count). The van der Waals surface area contributed by atoms with Gasteiger partial charge in [-0.15, -0.1) is 0 Å². The molecule has 1 heterocycles. The first-order chi connectivity index (χ1) is 16.2. The van der Waals surface area contributed by atoms with Crippen LogP contribution in [0, 0.1) is 5.82 Å². The molecule has 178 valence electrons. The molecule has 0 bridgehead atoms. The highest BCUT2D eigenvalue weighted by Crippen LogP contribution is 2.28. The first kappa shape index (κ1) is 24.7. The van der Waals surface area contributed by atoms with Crippen molar-refractivity contribution in [2.45, 2.75) is 24.9 Å². The summed E-state index contributed by atoms with van der Waals surface area (Å²) in [4.78, 5) is 30.4. The number of aromatic nitrogens is 1. The number of pyridine rings is 1. The Hall–Kier alpha value is -3.98. The van der Waals surface area contributed by atoms with Crippen LogP contribution in [0.2, 0.25) is 0 Å². The average Bonchev–Trinajstić information content (AvgIpc) is 2.79. The van der Waals surface area contributed by atoms with Crippen LogP contribution in [0.5, 0.6) is 0 Å². The van der Waals surface area contributed by atoms with Crippen LogP contribution >= 0.6 is 0 Å². The van der Waals surface area contributed by atoms with Crippen molar-refractivity contribution in [2.24, 2.45) is 5.73 Å². The van der Waals surface area contributed by atoms with Crippen LogP contribution in [-0.2, 0) is 0 Å². The summed E-state index contributed by atoms with van der Waals surface area (Å²) in [6.45, 7) is 0. The van der Waals surface area contributed by atoms with Gasteiger partial charge in [0, 0.05) is 12.2 Å². The fourth-order valence-electron chi connectivity index (χ4n) is 3.80. The zero-order chi connectivity index (χ0) is 24.7. The van der Waals surface area contributed by atoms with Gasteiger partial charge < -0.3 is 27.0 Å². The summed E-state index contributed by atoms with van der Waals surface area (Å²) in [5.41, 5.74) is 14.0. The SMILES string of the molecule is CN(C)C(CCC(NC(N)=O)c1ccc(C(=O)Nc2ccccc2N)nc1)c1cccc(F)c1. The third-order valence-corrected chi connectivity index (χ3v) is 5.53. The Kier molecular flexibility index (Phi) is 8.15. The maximum atomic E-state index is 13.7. The van der Waals surface area contributed by atoms with Crippen molar-refractivity contribution < 1.29 is 14.0 Å². The highest BCUT2D eigenvalue weighted by atomic mass is 19.1. The van der Waals surface area contributed by atoms with E-state index < -0.39 is 18.0 Å². The second kappa shape index (κ2) is 11.2. The summed E-state index contributed by atoms with van der Waals surface area (Å²) < 4.78 is 13.7. The normalized spacial score (nSPS) is 12.7. The molecule has 3 aromatic rings. The van der Waals surface area contributed by atoms with Gasteiger partial charge in [0.05, 0.1) is 17.4 Å². The van der Waals surface area contributed by atoms with Gasteiger partial charge in [-0.1, -0.05) is 30.3 Å². The van der Waals surface area contributed by atoms with Gasteiger partial charge in [0.15, 0.2) is 0 Å². The molecule has 2 atom stereocenters. The fourth-order valence-corrected chi connectivity index (χ4v) is 3.80. The standard InChI is InChI=1S/C25H29FN6O2/c1-32(2)23(16-6-5-7-18(26)14-16)13-12-20(31-25(28)34)17-10-11-22(29-15-17)24(33)30-21-9-4-3-8-19(21)27/h3-11,14-15,20,23H,12-13,27H2,1-2H3,(H,30,33)(H3,28,31,34). The predicted octanol–water partition coefficient (Wildman–Crippen LogP) is 3.85.